The molecule has 0 unspecified atom stereocenters. The molecular formula is C30H54O3Si2. The number of benzene rings is 1. The minimum absolute atomic E-state index is 0.00533. The number of carbonyl (C=O) groups is 1. The molecule has 0 bridgehead atoms. The van der Waals surface area contributed by atoms with Crippen LogP contribution in [0.25, 0.3) is 0 Å². The molecule has 0 aromatic heterocycles. The Labute approximate surface area is 218 Å². The molecule has 1 aromatic rings. The third-order valence-electron chi connectivity index (χ3n) is 8.77. The third-order valence-corrected chi connectivity index (χ3v) is 17.5. The molecule has 5 heteroatoms. The topological polar surface area (TPSA) is 35.5 Å². The van der Waals surface area contributed by atoms with Crippen LogP contribution in [0.5, 0.6) is 0 Å². The van der Waals surface area contributed by atoms with Crippen LogP contribution in [0.15, 0.2) is 30.3 Å². The molecule has 3 nitrogen and oxygen atoms in total. The van der Waals surface area contributed by atoms with Gasteiger partial charge in [-0.2, -0.15) is 0 Å². The monoisotopic (exact) mass is 518 g/mol. The van der Waals surface area contributed by atoms with Crippen LogP contribution in [-0.4, -0.2) is 41.0 Å². The summed E-state index contributed by atoms with van der Waals surface area (Å²) in [5.41, 5.74) is 0.379. The van der Waals surface area contributed by atoms with E-state index in [1.165, 1.54) is 56.6 Å². The highest BCUT2D eigenvalue weighted by Crippen LogP contribution is 2.45. The molecule has 1 fully saturated rings. The van der Waals surface area contributed by atoms with Gasteiger partial charge in [0, 0.05) is 0 Å². The van der Waals surface area contributed by atoms with Crippen molar-refractivity contribution in [2.24, 2.45) is 0 Å². The average Bonchev–Trinajstić information content (AvgIpc) is 3.25. The zero-order valence-corrected chi connectivity index (χ0v) is 26.1. The van der Waals surface area contributed by atoms with E-state index in [-0.39, 0.29) is 23.4 Å². The van der Waals surface area contributed by atoms with E-state index in [9.17, 15) is 4.79 Å². The Hall–Kier alpha value is -0.756. The van der Waals surface area contributed by atoms with Crippen LogP contribution in [0.4, 0.5) is 0 Å². The Bertz CT molecular complexity index is 742. The summed E-state index contributed by atoms with van der Waals surface area (Å²) in [6, 6.07) is 10.9. The highest BCUT2D eigenvalue weighted by Gasteiger charge is 2.51. The van der Waals surface area contributed by atoms with Crippen LogP contribution >= 0.6 is 0 Å². The predicted octanol–water partition coefficient (Wildman–Crippen LogP) is 8.25. The van der Waals surface area contributed by atoms with E-state index in [1.807, 2.05) is 0 Å². The molecule has 0 spiro atoms. The van der Waals surface area contributed by atoms with E-state index >= 15 is 0 Å². The molecule has 1 aliphatic heterocycles. The molecule has 2 rings (SSSR count). The van der Waals surface area contributed by atoms with Crippen molar-refractivity contribution in [3.8, 4) is 0 Å². The summed E-state index contributed by atoms with van der Waals surface area (Å²) in [7, 11) is -3.85. The maximum absolute atomic E-state index is 11.9. The van der Waals surface area contributed by atoms with E-state index in [0.717, 1.165) is 19.1 Å². The molecule has 1 heterocycles. The summed E-state index contributed by atoms with van der Waals surface area (Å²) in [6.07, 6.45) is 13.2. The second-order valence-electron chi connectivity index (χ2n) is 12.9. The summed E-state index contributed by atoms with van der Waals surface area (Å²) < 4.78 is 13.7. The number of hydrogen-bond acceptors (Lipinski definition) is 3. The van der Waals surface area contributed by atoms with Gasteiger partial charge in [0.15, 0.2) is 8.32 Å². The Morgan fingerprint density at radius 2 is 1.54 bits per heavy atom. The van der Waals surface area contributed by atoms with Gasteiger partial charge in [0.25, 0.3) is 0 Å². The normalized spacial score (nSPS) is 22.3. The molecule has 35 heavy (non-hydrogen) atoms. The fourth-order valence-corrected chi connectivity index (χ4v) is 10.1. The quantitative estimate of drug-likeness (QED) is 0.133. The standard InChI is InChI=1S/C30H54O3Si2/c1-9-10-11-12-13-14-15-19-22-27(33-35(7,8)30(2,3)4)29-28(23-25(24-31)32-29)34(5,6)26-20-17-16-18-21-26/h16-18,20-21,24-25,27-29H,9-15,19,22-23H2,1-8H3/t25-,27+,28+,29-/m0/s1. The molecule has 1 aromatic carbocycles. The van der Waals surface area contributed by atoms with E-state index in [0.29, 0.717) is 5.54 Å². The van der Waals surface area contributed by atoms with E-state index in [1.54, 1.807) is 0 Å². The van der Waals surface area contributed by atoms with E-state index in [2.05, 4.69) is 84.2 Å². The van der Waals surface area contributed by atoms with Crippen molar-refractivity contribution < 1.29 is 14.0 Å². The number of hydrogen-bond donors (Lipinski definition) is 0. The molecule has 1 aliphatic rings. The maximum Gasteiger partial charge on any atom is 0.192 e. The summed E-state index contributed by atoms with van der Waals surface area (Å²) in [5, 5.41) is 1.60. The fourth-order valence-electron chi connectivity index (χ4n) is 5.28. The van der Waals surface area contributed by atoms with Gasteiger partial charge in [-0.25, -0.2) is 0 Å². The van der Waals surface area contributed by atoms with Crippen LogP contribution in [0, 0.1) is 0 Å². The number of ether oxygens (including phenoxy) is 1. The van der Waals surface area contributed by atoms with Gasteiger partial charge in [0.2, 0.25) is 0 Å². The largest absolute Gasteiger partial charge is 0.411 e. The van der Waals surface area contributed by atoms with Gasteiger partial charge in [0.1, 0.15) is 12.4 Å². The van der Waals surface area contributed by atoms with Gasteiger partial charge >= 0.3 is 0 Å². The van der Waals surface area contributed by atoms with Gasteiger partial charge in [-0.1, -0.05) is 128 Å². The molecule has 0 radical (unpaired) electrons. The van der Waals surface area contributed by atoms with Crippen molar-refractivity contribution in [1.29, 1.82) is 0 Å². The molecule has 0 aliphatic carbocycles. The summed E-state index contributed by atoms with van der Waals surface area (Å²) in [6.45, 7) is 18.8. The van der Waals surface area contributed by atoms with Crippen molar-refractivity contribution in [3.05, 3.63) is 30.3 Å². The minimum atomic E-state index is -1.98. The summed E-state index contributed by atoms with van der Waals surface area (Å²) in [5.74, 6) is 0. The Kier molecular flexibility index (Phi) is 11.9. The second-order valence-corrected chi connectivity index (χ2v) is 22.4. The number of rotatable bonds is 15. The minimum Gasteiger partial charge on any atom is -0.411 e. The lowest BCUT2D eigenvalue weighted by atomic mass is 10.0. The SMILES string of the molecule is CCCCCCCCCC[C@@H](O[Si](C)(C)C(C)(C)C)[C@@H]1O[C@H](C=O)C[C@H]1[Si](C)(C)c1ccccc1. The lowest BCUT2D eigenvalue weighted by Gasteiger charge is -2.43. The van der Waals surface area contributed by atoms with Gasteiger partial charge in [-0.15, -0.1) is 0 Å². The molecule has 0 N–H and O–H groups in total. The maximum atomic E-state index is 11.9. The lowest BCUT2D eigenvalue weighted by molar-refractivity contribution is -0.119. The van der Waals surface area contributed by atoms with Crippen LogP contribution < -0.4 is 5.19 Å². The van der Waals surface area contributed by atoms with Crippen molar-refractivity contribution >= 4 is 27.9 Å². The van der Waals surface area contributed by atoms with Crippen molar-refractivity contribution in [2.75, 3.05) is 0 Å². The second kappa shape index (κ2) is 13.7. The molecular weight excluding hydrogens is 464 g/mol. The van der Waals surface area contributed by atoms with Crippen LogP contribution in [0.3, 0.4) is 0 Å². The highest BCUT2D eigenvalue weighted by molar-refractivity contribution is 6.91. The first-order valence-corrected chi connectivity index (χ1v) is 20.3. The molecule has 1 saturated heterocycles. The molecule has 4 atom stereocenters. The third kappa shape index (κ3) is 8.65. The lowest BCUT2D eigenvalue weighted by Crippen LogP contribution is -2.53. The first-order valence-electron chi connectivity index (χ1n) is 14.3. The molecule has 0 saturated carbocycles. The van der Waals surface area contributed by atoms with E-state index < -0.39 is 16.4 Å². The fraction of sp³-hybridized carbons (Fsp3) is 0.767. The van der Waals surface area contributed by atoms with Gasteiger partial charge < -0.3 is 14.0 Å². The van der Waals surface area contributed by atoms with Crippen LogP contribution in [0.2, 0.25) is 36.8 Å². The van der Waals surface area contributed by atoms with Crippen molar-refractivity contribution in [3.63, 3.8) is 0 Å². The Morgan fingerprint density at radius 3 is 2.09 bits per heavy atom. The van der Waals surface area contributed by atoms with Crippen LogP contribution in [-0.2, 0) is 14.0 Å². The first-order chi connectivity index (χ1) is 16.4. The van der Waals surface area contributed by atoms with Crippen molar-refractivity contribution in [2.45, 2.75) is 147 Å². The Balaban J connectivity index is 2.20. The number of unbranched alkanes of at least 4 members (excludes halogenated alkanes) is 7. The Morgan fingerprint density at radius 1 is 0.971 bits per heavy atom. The predicted molar refractivity (Wildman–Crippen MR) is 156 cm³/mol. The zero-order valence-electron chi connectivity index (χ0n) is 24.1. The average molecular weight is 519 g/mol. The molecule has 200 valence electrons. The number of carbonyl (C=O) groups excluding carboxylic acids is 1. The number of aldehydes is 1. The van der Waals surface area contributed by atoms with Gasteiger partial charge in [0.05, 0.1) is 20.3 Å². The zero-order chi connectivity index (χ0) is 26.1. The molecule has 0 amide bonds. The van der Waals surface area contributed by atoms with Gasteiger partial charge in [-0.3, -0.25) is 0 Å². The van der Waals surface area contributed by atoms with Crippen LogP contribution in [0.1, 0.15) is 91.9 Å². The van der Waals surface area contributed by atoms with Crippen molar-refractivity contribution in [1.82, 2.24) is 0 Å². The smallest absolute Gasteiger partial charge is 0.192 e. The van der Waals surface area contributed by atoms with E-state index in [4.69, 9.17) is 9.16 Å². The van der Waals surface area contributed by atoms with Gasteiger partial charge in [-0.05, 0) is 36.5 Å². The summed E-state index contributed by atoms with van der Waals surface area (Å²) in [4.78, 5) is 11.9. The first kappa shape index (κ1) is 30.5. The summed E-state index contributed by atoms with van der Waals surface area (Å²) >= 11 is 0. The highest BCUT2D eigenvalue weighted by atomic mass is 28.4.